The van der Waals surface area contributed by atoms with Crippen LogP contribution in [0.15, 0.2) is 70.5 Å². The van der Waals surface area contributed by atoms with Crippen molar-refractivity contribution >= 4 is 79.5 Å². The average Bonchev–Trinajstić information content (AvgIpc) is 2.98. The van der Waals surface area contributed by atoms with Crippen LogP contribution in [0.4, 0.5) is 0 Å². The van der Waals surface area contributed by atoms with E-state index in [-0.39, 0.29) is 47.5 Å². The van der Waals surface area contributed by atoms with Crippen LogP contribution in [0.3, 0.4) is 0 Å². The molecule has 0 unspecified atom stereocenters. The number of hydrogen-bond donors (Lipinski definition) is 0. The van der Waals surface area contributed by atoms with E-state index >= 15 is 0 Å². The molecule has 0 saturated carbocycles. The Morgan fingerprint density at radius 3 is 1.04 bits per heavy atom. The van der Waals surface area contributed by atoms with Gasteiger partial charge in [0.25, 0.3) is 0 Å². The standard InChI is InChI=1S/2C18H24O3S.Ca/c2*1-3-5-8-14-12-16-10-7-11-18(22(19,20)21)17(16)13-15(14)9-6-4-2;/h2*7,10-13H,3-6,8-9H2,1-2H3,(H,19,20,21);/q;;+2/p-2. The maximum absolute atomic E-state index is 11.5. The molecule has 9 heteroatoms. The Morgan fingerprint density at radius 1 is 0.489 bits per heavy atom. The number of aryl methyl sites for hydroxylation is 4. The Bertz CT molecular complexity index is 1630. The van der Waals surface area contributed by atoms with Gasteiger partial charge in [0, 0.05) is 0 Å². The first kappa shape index (κ1) is 39.7. The fourth-order valence-electron chi connectivity index (χ4n) is 5.61. The first-order chi connectivity index (χ1) is 20.9. The Hall–Kier alpha value is -1.52. The van der Waals surface area contributed by atoms with E-state index in [2.05, 4.69) is 39.8 Å². The minimum atomic E-state index is -4.45. The molecule has 0 aliphatic heterocycles. The van der Waals surface area contributed by atoms with E-state index in [9.17, 15) is 25.9 Å². The Labute approximate surface area is 300 Å². The second-order valence-corrected chi connectivity index (χ2v) is 14.2. The van der Waals surface area contributed by atoms with Crippen LogP contribution >= 0.6 is 0 Å². The van der Waals surface area contributed by atoms with Crippen molar-refractivity contribution in [3.63, 3.8) is 0 Å². The van der Waals surface area contributed by atoms with Crippen molar-refractivity contribution in [3.05, 3.63) is 82.9 Å². The van der Waals surface area contributed by atoms with Crippen molar-refractivity contribution in [1.29, 1.82) is 0 Å². The maximum atomic E-state index is 11.5. The third-order valence-electron chi connectivity index (χ3n) is 8.06. The molecule has 0 spiro atoms. The van der Waals surface area contributed by atoms with Gasteiger partial charge in [-0.25, -0.2) is 16.8 Å². The Balaban J connectivity index is 0.000000307. The second kappa shape index (κ2) is 18.7. The molecule has 0 atom stereocenters. The van der Waals surface area contributed by atoms with E-state index in [4.69, 9.17) is 0 Å². The largest absolute Gasteiger partial charge is 2.00 e. The number of unbranched alkanes of at least 4 members (excludes halogenated alkanes) is 4. The van der Waals surface area contributed by atoms with Crippen molar-refractivity contribution in [2.24, 2.45) is 0 Å². The molecule has 0 aromatic heterocycles. The topological polar surface area (TPSA) is 114 Å². The molecule has 4 aromatic rings. The Kier molecular flexibility index (Phi) is 16.5. The first-order valence-corrected chi connectivity index (χ1v) is 18.8. The zero-order chi connectivity index (χ0) is 32.3. The molecular weight excluding hydrogens is 633 g/mol. The van der Waals surface area contributed by atoms with Gasteiger partial charge >= 0.3 is 37.7 Å². The maximum Gasteiger partial charge on any atom is 2.00 e. The first-order valence-electron chi connectivity index (χ1n) is 15.9. The van der Waals surface area contributed by atoms with E-state index < -0.39 is 20.2 Å². The van der Waals surface area contributed by atoms with Gasteiger partial charge in [0.1, 0.15) is 20.2 Å². The molecule has 240 valence electrons. The molecule has 0 saturated heterocycles. The Morgan fingerprint density at radius 2 is 0.778 bits per heavy atom. The van der Waals surface area contributed by atoms with Crippen LogP contribution in [0.1, 0.15) is 101 Å². The van der Waals surface area contributed by atoms with Gasteiger partial charge in [-0.05, 0) is 119 Å². The van der Waals surface area contributed by atoms with Gasteiger partial charge in [-0.15, -0.1) is 0 Å². The third kappa shape index (κ3) is 11.3. The molecule has 0 aliphatic carbocycles. The van der Waals surface area contributed by atoms with E-state index in [1.54, 1.807) is 12.1 Å². The fraction of sp³-hybridized carbons (Fsp3) is 0.444. The van der Waals surface area contributed by atoms with Crippen molar-refractivity contribution in [2.75, 3.05) is 0 Å². The quantitative estimate of drug-likeness (QED) is 0.0976. The summed E-state index contributed by atoms with van der Waals surface area (Å²) in [6.45, 7) is 8.60. The van der Waals surface area contributed by atoms with Crippen LogP contribution in [0, 0.1) is 0 Å². The summed E-state index contributed by atoms with van der Waals surface area (Å²) in [4.78, 5) is -0.213. The summed E-state index contributed by atoms with van der Waals surface area (Å²) >= 11 is 0. The molecule has 0 aliphatic rings. The average molecular weight is 679 g/mol. The fourth-order valence-corrected chi connectivity index (χ4v) is 7.00. The third-order valence-corrected chi connectivity index (χ3v) is 9.85. The van der Waals surface area contributed by atoms with Gasteiger partial charge < -0.3 is 9.11 Å². The molecular formula is C36H46CaO6S2. The van der Waals surface area contributed by atoms with Crippen LogP contribution in [0.2, 0.25) is 0 Å². The predicted octanol–water partition coefficient (Wildman–Crippen LogP) is 8.48. The number of benzene rings is 4. The minimum Gasteiger partial charge on any atom is -0.744 e. The predicted molar refractivity (Wildman–Crippen MR) is 184 cm³/mol. The van der Waals surface area contributed by atoms with E-state index in [0.717, 1.165) is 87.8 Å². The van der Waals surface area contributed by atoms with Gasteiger partial charge in [0.05, 0.1) is 9.79 Å². The normalized spacial score (nSPS) is 11.7. The summed E-state index contributed by atoms with van der Waals surface area (Å²) in [6, 6.07) is 17.8. The van der Waals surface area contributed by atoms with Crippen molar-refractivity contribution in [3.8, 4) is 0 Å². The molecule has 0 radical (unpaired) electrons. The van der Waals surface area contributed by atoms with Crippen LogP contribution in [0.25, 0.3) is 21.5 Å². The molecule has 0 bridgehead atoms. The van der Waals surface area contributed by atoms with Crippen molar-refractivity contribution in [1.82, 2.24) is 0 Å². The van der Waals surface area contributed by atoms with Gasteiger partial charge in [0.2, 0.25) is 0 Å². The van der Waals surface area contributed by atoms with Crippen LogP contribution in [-0.2, 0) is 45.9 Å². The van der Waals surface area contributed by atoms with Gasteiger partial charge in [0.15, 0.2) is 0 Å². The van der Waals surface area contributed by atoms with Crippen molar-refractivity contribution in [2.45, 2.75) is 115 Å². The molecule has 0 N–H and O–H groups in total. The zero-order valence-corrected chi connectivity index (χ0v) is 31.1. The van der Waals surface area contributed by atoms with Crippen LogP contribution in [0.5, 0.6) is 0 Å². The van der Waals surface area contributed by atoms with Gasteiger partial charge in [-0.2, -0.15) is 0 Å². The minimum absolute atomic E-state index is 0. The summed E-state index contributed by atoms with van der Waals surface area (Å²) in [5.74, 6) is 0. The molecule has 45 heavy (non-hydrogen) atoms. The number of fused-ring (bicyclic) bond motifs is 2. The SMILES string of the molecule is CCCCc1cc2cccc(S(=O)(=O)[O-])c2cc1CCCC.CCCCc1cc2cccc(S(=O)(=O)[O-])c2cc1CCCC.[Ca+2]. The van der Waals surface area contributed by atoms with Gasteiger partial charge in [-0.3, -0.25) is 0 Å². The smallest absolute Gasteiger partial charge is 0.744 e. The van der Waals surface area contributed by atoms with Gasteiger partial charge in [-0.1, -0.05) is 89.8 Å². The number of rotatable bonds is 14. The molecule has 4 rings (SSSR count). The molecule has 0 amide bonds. The molecule has 0 fully saturated rings. The van der Waals surface area contributed by atoms with Crippen LogP contribution < -0.4 is 0 Å². The summed E-state index contributed by atoms with van der Waals surface area (Å²) in [5.41, 5.74) is 4.92. The van der Waals surface area contributed by atoms with Crippen LogP contribution in [-0.4, -0.2) is 63.7 Å². The van der Waals surface area contributed by atoms with E-state index in [1.165, 1.54) is 34.4 Å². The monoisotopic (exact) mass is 678 g/mol. The summed E-state index contributed by atoms with van der Waals surface area (Å²) in [7, 11) is -8.89. The van der Waals surface area contributed by atoms with E-state index in [0.29, 0.717) is 10.8 Å². The number of hydrogen-bond acceptors (Lipinski definition) is 6. The summed E-state index contributed by atoms with van der Waals surface area (Å²) < 4.78 is 68.8. The zero-order valence-electron chi connectivity index (χ0n) is 27.2. The molecule has 0 heterocycles. The molecule has 6 nitrogen and oxygen atoms in total. The second-order valence-electron chi connectivity index (χ2n) is 11.5. The van der Waals surface area contributed by atoms with Crippen molar-refractivity contribution < 1.29 is 25.9 Å². The summed E-state index contributed by atoms with van der Waals surface area (Å²) in [5, 5.41) is 2.79. The van der Waals surface area contributed by atoms with E-state index in [1.807, 2.05) is 24.3 Å². The molecule has 4 aromatic carbocycles. The summed E-state index contributed by atoms with van der Waals surface area (Å²) in [6.07, 6.45) is 12.7.